The van der Waals surface area contributed by atoms with Crippen molar-refractivity contribution in [3.63, 3.8) is 0 Å². The molecule has 0 spiro atoms. The molecule has 2 aliphatic rings. The highest BCUT2D eigenvalue weighted by atomic mass is 19.1. The molecule has 156 valence electrons. The molecule has 4 rings (SSSR count). The Morgan fingerprint density at radius 1 is 1.03 bits per heavy atom. The van der Waals surface area contributed by atoms with Gasteiger partial charge in [0, 0.05) is 57.8 Å². The minimum Gasteiger partial charge on any atom is -0.396 e. The van der Waals surface area contributed by atoms with Gasteiger partial charge in [0.25, 0.3) is 0 Å². The van der Waals surface area contributed by atoms with E-state index in [4.69, 9.17) is 0 Å². The highest BCUT2D eigenvalue weighted by Gasteiger charge is 2.33. The normalized spacial score (nSPS) is 26.1. The molecule has 0 radical (unpaired) electrons. The molecule has 3 N–H and O–H groups in total. The number of hydrazine groups is 1. The van der Waals surface area contributed by atoms with E-state index in [0.717, 1.165) is 51.3 Å². The van der Waals surface area contributed by atoms with Gasteiger partial charge in [-0.15, -0.1) is 0 Å². The van der Waals surface area contributed by atoms with E-state index in [-0.39, 0.29) is 18.5 Å². The second-order valence-corrected chi connectivity index (χ2v) is 8.20. The monoisotopic (exact) mass is 398 g/mol. The summed E-state index contributed by atoms with van der Waals surface area (Å²) in [4.78, 5) is 5.03. The molecule has 5 nitrogen and oxygen atoms in total. The summed E-state index contributed by atoms with van der Waals surface area (Å²) in [7, 11) is 0. The first-order valence-electron chi connectivity index (χ1n) is 10.6. The van der Waals surface area contributed by atoms with Gasteiger partial charge in [-0.2, -0.15) is 0 Å². The Morgan fingerprint density at radius 3 is 2.59 bits per heavy atom. The summed E-state index contributed by atoms with van der Waals surface area (Å²) >= 11 is 0. The Kier molecular flexibility index (Phi) is 6.90. The number of aliphatic hydroxyl groups is 1. The van der Waals surface area contributed by atoms with Crippen molar-refractivity contribution in [2.24, 2.45) is 5.92 Å². The number of rotatable bonds is 7. The summed E-state index contributed by atoms with van der Waals surface area (Å²) in [5, 5.41) is 9.59. The average Bonchev–Trinajstić information content (AvgIpc) is 3.19. The molecule has 29 heavy (non-hydrogen) atoms. The molecular formula is C23H31FN4O. The number of nitrogens with one attached hydrogen (secondary N) is 2. The van der Waals surface area contributed by atoms with Gasteiger partial charge in [0.15, 0.2) is 0 Å². The van der Waals surface area contributed by atoms with Crippen molar-refractivity contribution >= 4 is 0 Å². The number of aliphatic hydroxyl groups excluding tert-OH is 1. The minimum absolute atomic E-state index is 0.189. The quantitative estimate of drug-likeness (QED) is 0.667. The molecule has 0 saturated carbocycles. The molecule has 3 atom stereocenters. The summed E-state index contributed by atoms with van der Waals surface area (Å²) in [6, 6.07) is 17.9. The Labute approximate surface area is 172 Å². The molecule has 2 saturated heterocycles. The first kappa shape index (κ1) is 20.4. The molecule has 0 bridgehead atoms. The maximum absolute atomic E-state index is 13.3. The lowest BCUT2D eigenvalue weighted by Crippen LogP contribution is -2.54. The third-order valence-electron chi connectivity index (χ3n) is 6.19. The third-order valence-corrected chi connectivity index (χ3v) is 6.19. The third kappa shape index (κ3) is 5.21. The van der Waals surface area contributed by atoms with E-state index in [1.807, 2.05) is 18.2 Å². The number of benzene rings is 2. The van der Waals surface area contributed by atoms with Crippen LogP contribution in [0, 0.1) is 11.7 Å². The van der Waals surface area contributed by atoms with E-state index in [0.29, 0.717) is 12.0 Å². The van der Waals surface area contributed by atoms with Crippen molar-refractivity contribution in [2.45, 2.75) is 25.0 Å². The van der Waals surface area contributed by atoms with E-state index in [1.54, 1.807) is 0 Å². The summed E-state index contributed by atoms with van der Waals surface area (Å²) < 4.78 is 13.3. The van der Waals surface area contributed by atoms with Gasteiger partial charge in [-0.3, -0.25) is 10.3 Å². The molecule has 0 amide bonds. The van der Waals surface area contributed by atoms with Crippen molar-refractivity contribution in [1.29, 1.82) is 0 Å². The van der Waals surface area contributed by atoms with Crippen molar-refractivity contribution in [1.82, 2.24) is 20.7 Å². The molecule has 2 aliphatic heterocycles. The van der Waals surface area contributed by atoms with Crippen LogP contribution in [0.4, 0.5) is 4.39 Å². The largest absolute Gasteiger partial charge is 0.396 e. The van der Waals surface area contributed by atoms with Crippen LogP contribution < -0.4 is 10.9 Å². The Morgan fingerprint density at radius 2 is 1.83 bits per heavy atom. The van der Waals surface area contributed by atoms with Gasteiger partial charge < -0.3 is 10.0 Å². The molecule has 2 aromatic rings. The van der Waals surface area contributed by atoms with Gasteiger partial charge in [0.1, 0.15) is 5.82 Å². The second-order valence-electron chi connectivity index (χ2n) is 8.20. The van der Waals surface area contributed by atoms with E-state index in [9.17, 15) is 9.50 Å². The zero-order valence-electron chi connectivity index (χ0n) is 16.8. The molecule has 3 unspecified atom stereocenters. The van der Waals surface area contributed by atoms with Crippen LogP contribution in [0.1, 0.15) is 23.6 Å². The zero-order chi connectivity index (χ0) is 20.1. The summed E-state index contributed by atoms with van der Waals surface area (Å²) in [5.41, 5.74) is 9.09. The lowest BCUT2D eigenvalue weighted by Gasteiger charge is -2.42. The van der Waals surface area contributed by atoms with Crippen molar-refractivity contribution < 1.29 is 9.50 Å². The molecule has 0 aliphatic carbocycles. The summed E-state index contributed by atoms with van der Waals surface area (Å²) in [6.45, 7) is 6.05. The van der Waals surface area contributed by atoms with Crippen LogP contribution in [0.2, 0.25) is 0 Å². The van der Waals surface area contributed by atoms with Crippen LogP contribution in [0.15, 0.2) is 54.6 Å². The van der Waals surface area contributed by atoms with Crippen molar-refractivity contribution in [2.75, 3.05) is 39.3 Å². The van der Waals surface area contributed by atoms with Crippen LogP contribution >= 0.6 is 0 Å². The predicted molar refractivity (Wildman–Crippen MR) is 113 cm³/mol. The number of nitrogens with zero attached hydrogens (tertiary/aromatic N) is 2. The Balaban J connectivity index is 1.37. The summed E-state index contributed by atoms with van der Waals surface area (Å²) in [5.74, 6) is 0.230. The Hall–Kier alpha value is -1.83. The number of piperazine rings is 1. The zero-order valence-corrected chi connectivity index (χ0v) is 16.8. The second kappa shape index (κ2) is 9.78. The SMILES string of the molecule is OCCC1CN(CC2CNNC2c2ccc(F)cc2)CCN1Cc1ccccc1. The van der Waals surface area contributed by atoms with E-state index in [1.165, 1.54) is 17.7 Å². The van der Waals surface area contributed by atoms with Gasteiger partial charge >= 0.3 is 0 Å². The maximum atomic E-state index is 13.3. The molecular weight excluding hydrogens is 367 g/mol. The van der Waals surface area contributed by atoms with Gasteiger partial charge in [0.2, 0.25) is 0 Å². The average molecular weight is 399 g/mol. The van der Waals surface area contributed by atoms with E-state index in [2.05, 4.69) is 44.9 Å². The maximum Gasteiger partial charge on any atom is 0.123 e. The van der Waals surface area contributed by atoms with Crippen molar-refractivity contribution in [3.8, 4) is 0 Å². The fourth-order valence-electron chi connectivity index (χ4n) is 4.63. The van der Waals surface area contributed by atoms with Crippen LogP contribution in [0.5, 0.6) is 0 Å². The summed E-state index contributed by atoms with van der Waals surface area (Å²) in [6.07, 6.45) is 0.798. The van der Waals surface area contributed by atoms with Crippen LogP contribution in [0.25, 0.3) is 0 Å². The lowest BCUT2D eigenvalue weighted by molar-refractivity contribution is 0.0457. The first-order valence-corrected chi connectivity index (χ1v) is 10.6. The molecule has 0 aromatic heterocycles. The number of halogens is 1. The topological polar surface area (TPSA) is 50.8 Å². The fraction of sp³-hybridized carbons (Fsp3) is 0.478. The minimum atomic E-state index is -0.197. The van der Waals surface area contributed by atoms with Crippen LogP contribution in [-0.4, -0.2) is 60.3 Å². The highest BCUT2D eigenvalue weighted by molar-refractivity contribution is 5.22. The van der Waals surface area contributed by atoms with Crippen LogP contribution in [-0.2, 0) is 6.54 Å². The fourth-order valence-corrected chi connectivity index (χ4v) is 4.63. The first-order chi connectivity index (χ1) is 14.2. The lowest BCUT2D eigenvalue weighted by atomic mass is 9.93. The number of hydrogen-bond donors (Lipinski definition) is 3. The van der Waals surface area contributed by atoms with Crippen molar-refractivity contribution in [3.05, 3.63) is 71.5 Å². The predicted octanol–water partition coefficient (Wildman–Crippen LogP) is 2.16. The smallest absolute Gasteiger partial charge is 0.123 e. The molecule has 2 heterocycles. The van der Waals surface area contributed by atoms with Gasteiger partial charge in [-0.05, 0) is 29.7 Å². The highest BCUT2D eigenvalue weighted by Crippen LogP contribution is 2.27. The molecule has 2 aromatic carbocycles. The van der Waals surface area contributed by atoms with Gasteiger partial charge in [-0.25, -0.2) is 9.82 Å². The standard InChI is InChI=1S/C23H31FN4O/c24-21-8-6-19(7-9-21)23-20(14-25-26-23)16-27-11-12-28(22(17-27)10-13-29)15-18-4-2-1-3-5-18/h1-9,20,22-23,25-26,29H,10-17H2. The van der Waals surface area contributed by atoms with Gasteiger partial charge in [-0.1, -0.05) is 42.5 Å². The van der Waals surface area contributed by atoms with E-state index < -0.39 is 0 Å². The van der Waals surface area contributed by atoms with E-state index >= 15 is 0 Å². The Bertz CT molecular complexity index is 757. The molecule has 6 heteroatoms. The number of hydrogen-bond acceptors (Lipinski definition) is 5. The molecule has 2 fully saturated rings. The van der Waals surface area contributed by atoms with Crippen LogP contribution in [0.3, 0.4) is 0 Å². The van der Waals surface area contributed by atoms with Gasteiger partial charge in [0.05, 0.1) is 6.04 Å².